The highest BCUT2D eigenvalue weighted by molar-refractivity contribution is 8.00. The smallest absolute Gasteiger partial charge is 0.301 e. The second-order valence-corrected chi connectivity index (χ2v) is 9.62. The average Bonchev–Trinajstić information content (AvgIpc) is 3.46. The maximum Gasteiger partial charge on any atom is 0.301 e. The van der Waals surface area contributed by atoms with Gasteiger partial charge in [-0.15, -0.1) is 10.2 Å². The molecule has 1 saturated heterocycles. The number of benzene rings is 2. The minimum absolute atomic E-state index is 0.0103. The van der Waals surface area contributed by atoms with E-state index < -0.39 is 17.7 Å². The Kier molecular flexibility index (Phi) is 6.20. The second-order valence-electron chi connectivity index (χ2n) is 7.44. The molecule has 0 radical (unpaired) electrons. The minimum Gasteiger partial charge on any atom is -0.507 e. The number of rotatable bonds is 6. The van der Waals surface area contributed by atoms with Gasteiger partial charge in [-0.25, -0.2) is 0 Å². The number of hydrogen-bond donors (Lipinski definition) is 1. The van der Waals surface area contributed by atoms with Gasteiger partial charge in [0, 0.05) is 23.7 Å². The molecule has 3 heterocycles. The first-order valence-electron chi connectivity index (χ1n) is 10.4. The first-order chi connectivity index (χ1) is 16.6. The molecule has 1 aliphatic heterocycles. The predicted molar refractivity (Wildman–Crippen MR) is 131 cm³/mol. The number of aliphatic hydroxyl groups excluding tert-OH is 1. The lowest BCUT2D eigenvalue weighted by molar-refractivity contribution is -0.132. The van der Waals surface area contributed by atoms with Gasteiger partial charge in [-0.3, -0.25) is 19.5 Å². The summed E-state index contributed by atoms with van der Waals surface area (Å²) in [4.78, 5) is 31.6. The van der Waals surface area contributed by atoms with Crippen LogP contribution in [0.15, 0.2) is 95.1 Å². The number of aliphatic hydroxyl groups is 1. The fourth-order valence-electron chi connectivity index (χ4n) is 3.72. The van der Waals surface area contributed by atoms with Crippen molar-refractivity contribution in [2.75, 3.05) is 4.90 Å². The van der Waals surface area contributed by atoms with Crippen LogP contribution in [-0.4, -0.2) is 32.0 Å². The van der Waals surface area contributed by atoms with Crippen molar-refractivity contribution < 1.29 is 14.7 Å². The summed E-state index contributed by atoms with van der Waals surface area (Å²) in [6.45, 7) is 0. The van der Waals surface area contributed by atoms with Gasteiger partial charge in [0.2, 0.25) is 5.13 Å². The Morgan fingerprint density at radius 2 is 1.62 bits per heavy atom. The Labute approximate surface area is 203 Å². The first-order valence-corrected chi connectivity index (χ1v) is 12.2. The number of carbonyl (C=O) groups is 2. The molecule has 4 aromatic rings. The van der Waals surface area contributed by atoms with Crippen molar-refractivity contribution in [3.63, 3.8) is 0 Å². The van der Waals surface area contributed by atoms with Gasteiger partial charge in [-0.2, -0.15) is 0 Å². The minimum atomic E-state index is -0.825. The van der Waals surface area contributed by atoms with Gasteiger partial charge in [-0.1, -0.05) is 83.8 Å². The summed E-state index contributed by atoms with van der Waals surface area (Å²) in [5, 5.41) is 19.8. The van der Waals surface area contributed by atoms with Crippen molar-refractivity contribution in [2.24, 2.45) is 0 Å². The lowest BCUT2D eigenvalue weighted by Crippen LogP contribution is -2.29. The van der Waals surface area contributed by atoms with Crippen molar-refractivity contribution in [3.05, 3.63) is 107 Å². The molecule has 1 atom stereocenters. The second kappa shape index (κ2) is 9.58. The van der Waals surface area contributed by atoms with E-state index in [1.165, 1.54) is 40.4 Å². The Bertz CT molecular complexity index is 1360. The Balaban J connectivity index is 1.53. The highest BCUT2D eigenvalue weighted by Crippen LogP contribution is 2.43. The van der Waals surface area contributed by atoms with E-state index in [1.54, 1.807) is 12.1 Å². The number of nitrogens with zero attached hydrogens (tertiary/aromatic N) is 4. The number of pyridine rings is 1. The van der Waals surface area contributed by atoms with Crippen LogP contribution in [0.2, 0.25) is 0 Å². The summed E-state index contributed by atoms with van der Waals surface area (Å²) in [7, 11) is 0. The molecule has 7 nitrogen and oxygen atoms in total. The predicted octanol–water partition coefficient (Wildman–Crippen LogP) is 4.85. The zero-order valence-corrected chi connectivity index (χ0v) is 19.4. The molecule has 1 amide bonds. The number of amides is 1. The van der Waals surface area contributed by atoms with Crippen LogP contribution in [0, 0.1) is 0 Å². The molecule has 1 N–H and O–H groups in total. The molecular weight excluding hydrogens is 468 g/mol. The van der Waals surface area contributed by atoms with Crippen molar-refractivity contribution >= 4 is 45.7 Å². The van der Waals surface area contributed by atoms with Crippen LogP contribution in [0.4, 0.5) is 5.13 Å². The van der Waals surface area contributed by atoms with Crippen LogP contribution < -0.4 is 4.90 Å². The number of ketones is 1. The lowest BCUT2D eigenvalue weighted by atomic mass is 9.96. The number of hydrogen-bond acceptors (Lipinski definition) is 8. The van der Waals surface area contributed by atoms with Crippen molar-refractivity contribution in [3.8, 4) is 0 Å². The highest BCUT2D eigenvalue weighted by atomic mass is 32.2. The maximum absolute atomic E-state index is 13.2. The number of Topliss-reactive ketones (excluding diaryl/α,β-unsaturated/α-hetero) is 1. The van der Waals surface area contributed by atoms with Gasteiger partial charge in [0.1, 0.15) is 5.76 Å². The third kappa shape index (κ3) is 4.23. The number of anilines is 1. The van der Waals surface area contributed by atoms with Crippen molar-refractivity contribution in [1.29, 1.82) is 0 Å². The molecule has 1 unspecified atom stereocenters. The summed E-state index contributed by atoms with van der Waals surface area (Å²) in [6, 6.07) is 21.5. The maximum atomic E-state index is 13.2. The normalized spacial score (nSPS) is 17.3. The molecule has 0 saturated carbocycles. The summed E-state index contributed by atoms with van der Waals surface area (Å²) >= 11 is 2.75. The van der Waals surface area contributed by atoms with Gasteiger partial charge < -0.3 is 5.11 Å². The van der Waals surface area contributed by atoms with Crippen LogP contribution in [-0.2, 0) is 15.3 Å². The lowest BCUT2D eigenvalue weighted by Gasteiger charge is -2.22. The zero-order valence-electron chi connectivity index (χ0n) is 17.7. The summed E-state index contributed by atoms with van der Waals surface area (Å²) in [5.41, 5.74) is 2.25. The topological polar surface area (TPSA) is 96.3 Å². The third-order valence-electron chi connectivity index (χ3n) is 5.32. The molecule has 1 fully saturated rings. The van der Waals surface area contributed by atoms with E-state index in [1.807, 2.05) is 60.7 Å². The number of carbonyl (C=O) groups excluding carboxylic acids is 2. The summed E-state index contributed by atoms with van der Waals surface area (Å²) < 4.78 is 0.682. The highest BCUT2D eigenvalue weighted by Gasteiger charge is 2.48. The van der Waals surface area contributed by atoms with Gasteiger partial charge in [0.25, 0.3) is 5.78 Å². The fraction of sp³-hybridized carbons (Fsp3) is 0.0800. The molecule has 0 bridgehead atoms. The monoisotopic (exact) mass is 486 g/mol. The van der Waals surface area contributed by atoms with E-state index in [4.69, 9.17) is 0 Å². The van der Waals surface area contributed by atoms with Gasteiger partial charge in [0.05, 0.1) is 11.6 Å². The van der Waals surface area contributed by atoms with E-state index in [2.05, 4.69) is 15.2 Å². The zero-order chi connectivity index (χ0) is 23.5. The van der Waals surface area contributed by atoms with E-state index in [9.17, 15) is 14.7 Å². The van der Waals surface area contributed by atoms with Crippen LogP contribution >= 0.6 is 23.1 Å². The van der Waals surface area contributed by atoms with Crippen LogP contribution in [0.5, 0.6) is 0 Å². The Morgan fingerprint density at radius 3 is 2.32 bits per heavy atom. The standard InChI is InChI=1S/C25H18N4O3S2/c30-21(18-11-13-26-14-12-18)19-20(17-9-5-2-6-10-17)29(23(32)22(19)31)24-27-28-25(34-24)33-15-16-7-3-1-4-8-16/h1-14,20,30H,15H2/b21-19+. The molecule has 2 aromatic carbocycles. The average molecular weight is 487 g/mol. The quantitative estimate of drug-likeness (QED) is 0.137. The number of thioether (sulfide) groups is 1. The molecule has 5 rings (SSSR count). The van der Waals surface area contributed by atoms with Crippen LogP contribution in [0.3, 0.4) is 0 Å². The van der Waals surface area contributed by atoms with E-state index in [0.717, 1.165) is 5.56 Å². The molecular formula is C25H18N4O3S2. The summed E-state index contributed by atoms with van der Waals surface area (Å²) in [6.07, 6.45) is 3.03. The fourth-order valence-corrected chi connectivity index (χ4v) is 5.55. The van der Waals surface area contributed by atoms with E-state index in [-0.39, 0.29) is 11.3 Å². The molecule has 1 aliphatic rings. The Morgan fingerprint density at radius 1 is 0.941 bits per heavy atom. The third-order valence-corrected chi connectivity index (χ3v) is 7.45. The van der Waals surface area contributed by atoms with Crippen molar-refractivity contribution in [1.82, 2.24) is 15.2 Å². The van der Waals surface area contributed by atoms with Gasteiger partial charge in [-0.05, 0) is 23.3 Å². The van der Waals surface area contributed by atoms with E-state index in [0.29, 0.717) is 26.4 Å². The van der Waals surface area contributed by atoms with Crippen LogP contribution in [0.25, 0.3) is 5.76 Å². The molecule has 0 aliphatic carbocycles. The SMILES string of the molecule is O=C1C(=O)N(c2nnc(SCc3ccccc3)s2)C(c2ccccc2)/C1=C(\O)c1ccncc1. The molecule has 9 heteroatoms. The van der Waals surface area contributed by atoms with Gasteiger partial charge in [0.15, 0.2) is 4.34 Å². The van der Waals surface area contributed by atoms with Crippen LogP contribution in [0.1, 0.15) is 22.7 Å². The molecule has 34 heavy (non-hydrogen) atoms. The molecule has 0 spiro atoms. The largest absolute Gasteiger partial charge is 0.507 e. The number of aromatic nitrogens is 3. The first kappa shape index (κ1) is 22.0. The molecule has 2 aromatic heterocycles. The van der Waals surface area contributed by atoms with Gasteiger partial charge >= 0.3 is 5.91 Å². The van der Waals surface area contributed by atoms with Crippen molar-refractivity contribution in [2.45, 2.75) is 16.1 Å². The summed E-state index contributed by atoms with van der Waals surface area (Å²) in [5.74, 6) is -1.06. The Hall–Kier alpha value is -3.82. The van der Waals surface area contributed by atoms with E-state index >= 15 is 0 Å². The molecule has 168 valence electrons.